The monoisotopic (exact) mass is 211 g/mol. The lowest BCUT2D eigenvalue weighted by atomic mass is 10.2. The van der Waals surface area contributed by atoms with Crippen molar-refractivity contribution in [1.82, 2.24) is 10.2 Å². The second-order valence-electron chi connectivity index (χ2n) is 4.83. The molecule has 4 heteroatoms. The second-order valence-corrected chi connectivity index (χ2v) is 4.83. The quantitative estimate of drug-likeness (QED) is 0.695. The summed E-state index contributed by atoms with van der Waals surface area (Å²) in [5, 5.41) is 3.10. The molecule has 15 heavy (non-hydrogen) atoms. The molecule has 0 spiro atoms. The molecule has 0 aromatic heterocycles. The summed E-state index contributed by atoms with van der Waals surface area (Å²) >= 11 is 0. The zero-order chi connectivity index (χ0) is 10.7. The van der Waals surface area contributed by atoms with Crippen molar-refractivity contribution in [3.63, 3.8) is 0 Å². The number of nitrogens with one attached hydrogen (secondary N) is 1. The van der Waals surface area contributed by atoms with Gasteiger partial charge in [0.2, 0.25) is 5.91 Å². The number of carbonyl (C=O) groups is 1. The van der Waals surface area contributed by atoms with Gasteiger partial charge < -0.3 is 11.1 Å². The van der Waals surface area contributed by atoms with E-state index in [-0.39, 0.29) is 11.9 Å². The predicted octanol–water partition coefficient (Wildman–Crippen LogP) is 0.0782. The SMILES string of the molecule is N[C@H]1CCN(CC(=O)NC2CCCC2)C1. The molecule has 0 unspecified atom stereocenters. The van der Waals surface area contributed by atoms with Crippen LogP contribution >= 0.6 is 0 Å². The fourth-order valence-electron chi connectivity index (χ4n) is 2.55. The maximum atomic E-state index is 11.7. The lowest BCUT2D eigenvalue weighted by Gasteiger charge is -2.17. The summed E-state index contributed by atoms with van der Waals surface area (Å²) in [6.45, 7) is 2.38. The Kier molecular flexibility index (Phi) is 3.59. The van der Waals surface area contributed by atoms with E-state index in [1.165, 1.54) is 12.8 Å². The summed E-state index contributed by atoms with van der Waals surface area (Å²) in [4.78, 5) is 13.8. The zero-order valence-electron chi connectivity index (χ0n) is 9.24. The van der Waals surface area contributed by atoms with Crippen LogP contribution < -0.4 is 11.1 Å². The van der Waals surface area contributed by atoms with Crippen LogP contribution in [0.25, 0.3) is 0 Å². The summed E-state index contributed by atoms with van der Waals surface area (Å²) in [6, 6.07) is 0.707. The maximum Gasteiger partial charge on any atom is 0.234 e. The first-order chi connectivity index (χ1) is 7.24. The third kappa shape index (κ3) is 3.18. The van der Waals surface area contributed by atoms with Crippen molar-refractivity contribution in [1.29, 1.82) is 0 Å². The molecule has 0 aromatic rings. The van der Waals surface area contributed by atoms with E-state index in [9.17, 15) is 4.79 Å². The van der Waals surface area contributed by atoms with E-state index < -0.39 is 0 Å². The van der Waals surface area contributed by atoms with Crippen molar-refractivity contribution in [2.45, 2.75) is 44.2 Å². The molecule has 0 bridgehead atoms. The highest BCUT2D eigenvalue weighted by atomic mass is 16.2. The molecule has 2 aliphatic rings. The molecule has 1 heterocycles. The highest BCUT2D eigenvalue weighted by Gasteiger charge is 2.23. The van der Waals surface area contributed by atoms with Crippen LogP contribution in [0.4, 0.5) is 0 Å². The summed E-state index contributed by atoms with van der Waals surface area (Å²) < 4.78 is 0. The van der Waals surface area contributed by atoms with Crippen LogP contribution in [0.3, 0.4) is 0 Å². The molecule has 1 aliphatic carbocycles. The fraction of sp³-hybridized carbons (Fsp3) is 0.909. The van der Waals surface area contributed by atoms with Gasteiger partial charge in [0, 0.05) is 25.2 Å². The van der Waals surface area contributed by atoms with Gasteiger partial charge in [-0.1, -0.05) is 12.8 Å². The van der Waals surface area contributed by atoms with E-state index >= 15 is 0 Å². The Morgan fingerprint density at radius 1 is 1.33 bits per heavy atom. The predicted molar refractivity (Wildman–Crippen MR) is 59.4 cm³/mol. The lowest BCUT2D eigenvalue weighted by molar-refractivity contribution is -0.122. The molecule has 4 nitrogen and oxygen atoms in total. The van der Waals surface area contributed by atoms with Crippen molar-refractivity contribution in [3.05, 3.63) is 0 Å². The van der Waals surface area contributed by atoms with Crippen LogP contribution in [0.1, 0.15) is 32.1 Å². The van der Waals surface area contributed by atoms with Gasteiger partial charge in [-0.25, -0.2) is 0 Å². The van der Waals surface area contributed by atoms with Crippen LogP contribution in [0.2, 0.25) is 0 Å². The molecule has 2 fully saturated rings. The van der Waals surface area contributed by atoms with Gasteiger partial charge in [0.05, 0.1) is 6.54 Å². The van der Waals surface area contributed by atoms with Gasteiger partial charge >= 0.3 is 0 Å². The Bertz CT molecular complexity index is 226. The molecule has 1 amide bonds. The minimum Gasteiger partial charge on any atom is -0.352 e. The molecule has 3 N–H and O–H groups in total. The van der Waals surface area contributed by atoms with Crippen molar-refractivity contribution in [3.8, 4) is 0 Å². The van der Waals surface area contributed by atoms with Crippen molar-refractivity contribution in [2.75, 3.05) is 19.6 Å². The van der Waals surface area contributed by atoms with E-state index in [1.807, 2.05) is 0 Å². The third-order valence-electron chi connectivity index (χ3n) is 3.40. The van der Waals surface area contributed by atoms with E-state index in [0.29, 0.717) is 12.6 Å². The smallest absolute Gasteiger partial charge is 0.234 e. The molecule has 86 valence electrons. The Labute approximate surface area is 91.2 Å². The van der Waals surface area contributed by atoms with Crippen LogP contribution in [0, 0.1) is 0 Å². The number of carbonyl (C=O) groups excluding carboxylic acids is 1. The summed E-state index contributed by atoms with van der Waals surface area (Å²) in [6.07, 6.45) is 5.87. The number of hydrogen-bond acceptors (Lipinski definition) is 3. The van der Waals surface area contributed by atoms with E-state index in [4.69, 9.17) is 5.73 Å². The molecule has 1 saturated heterocycles. The lowest BCUT2D eigenvalue weighted by Crippen LogP contribution is -2.41. The Balaban J connectivity index is 1.67. The first kappa shape index (κ1) is 10.9. The normalized spacial score (nSPS) is 28.5. The standard InChI is InChI=1S/C11H21N3O/c12-9-5-6-14(7-9)8-11(15)13-10-3-1-2-4-10/h9-10H,1-8,12H2,(H,13,15)/t9-/m0/s1. The van der Waals surface area contributed by atoms with Gasteiger partial charge in [-0.2, -0.15) is 0 Å². The number of likely N-dealkylation sites (tertiary alicyclic amines) is 1. The maximum absolute atomic E-state index is 11.7. The first-order valence-electron chi connectivity index (χ1n) is 6.01. The summed E-state index contributed by atoms with van der Waals surface area (Å²) in [5.41, 5.74) is 5.79. The Hall–Kier alpha value is -0.610. The number of nitrogens with two attached hydrogens (primary N) is 1. The number of rotatable bonds is 3. The van der Waals surface area contributed by atoms with E-state index in [1.54, 1.807) is 0 Å². The Morgan fingerprint density at radius 3 is 2.67 bits per heavy atom. The number of hydrogen-bond donors (Lipinski definition) is 2. The van der Waals surface area contributed by atoms with Crippen molar-refractivity contribution >= 4 is 5.91 Å². The number of nitrogens with zero attached hydrogens (tertiary/aromatic N) is 1. The molecule has 1 saturated carbocycles. The van der Waals surface area contributed by atoms with Crippen LogP contribution in [-0.2, 0) is 4.79 Å². The Morgan fingerprint density at radius 2 is 2.07 bits per heavy atom. The molecular formula is C11H21N3O. The topological polar surface area (TPSA) is 58.4 Å². The third-order valence-corrected chi connectivity index (χ3v) is 3.40. The molecule has 0 radical (unpaired) electrons. The zero-order valence-corrected chi connectivity index (χ0v) is 9.24. The van der Waals surface area contributed by atoms with Gasteiger partial charge in [0.1, 0.15) is 0 Å². The van der Waals surface area contributed by atoms with Gasteiger partial charge in [-0.3, -0.25) is 9.69 Å². The van der Waals surface area contributed by atoms with Gasteiger partial charge in [0.25, 0.3) is 0 Å². The molecular weight excluding hydrogens is 190 g/mol. The summed E-state index contributed by atoms with van der Waals surface area (Å²) in [7, 11) is 0. The van der Waals surface area contributed by atoms with Crippen LogP contribution in [0.15, 0.2) is 0 Å². The minimum absolute atomic E-state index is 0.177. The minimum atomic E-state index is 0.177. The highest BCUT2D eigenvalue weighted by molar-refractivity contribution is 5.78. The molecule has 0 aromatic carbocycles. The first-order valence-corrected chi connectivity index (χ1v) is 6.01. The number of amides is 1. The fourth-order valence-corrected chi connectivity index (χ4v) is 2.55. The van der Waals surface area contributed by atoms with E-state index in [0.717, 1.165) is 32.4 Å². The van der Waals surface area contributed by atoms with Gasteiger partial charge in [-0.15, -0.1) is 0 Å². The average Bonchev–Trinajstić information content (AvgIpc) is 2.77. The average molecular weight is 211 g/mol. The van der Waals surface area contributed by atoms with E-state index in [2.05, 4.69) is 10.2 Å². The van der Waals surface area contributed by atoms with Gasteiger partial charge in [0.15, 0.2) is 0 Å². The van der Waals surface area contributed by atoms with Gasteiger partial charge in [-0.05, 0) is 19.3 Å². The van der Waals surface area contributed by atoms with Crippen LogP contribution in [-0.4, -0.2) is 42.5 Å². The summed E-state index contributed by atoms with van der Waals surface area (Å²) in [5.74, 6) is 0.177. The van der Waals surface area contributed by atoms with Crippen molar-refractivity contribution in [2.24, 2.45) is 5.73 Å². The largest absolute Gasteiger partial charge is 0.352 e. The molecule has 1 aliphatic heterocycles. The van der Waals surface area contributed by atoms with Crippen molar-refractivity contribution < 1.29 is 4.79 Å². The second kappa shape index (κ2) is 4.94. The van der Waals surface area contributed by atoms with Crippen LogP contribution in [0.5, 0.6) is 0 Å². The highest BCUT2D eigenvalue weighted by Crippen LogP contribution is 2.17. The molecule has 2 rings (SSSR count). The molecule has 1 atom stereocenters.